The fourth-order valence-electron chi connectivity index (χ4n) is 2.41. The molecule has 100 valence electrons. The summed E-state index contributed by atoms with van der Waals surface area (Å²) in [7, 11) is 0. The van der Waals surface area contributed by atoms with E-state index in [1.54, 1.807) is 19.1 Å². The van der Waals surface area contributed by atoms with Crippen LogP contribution in [0.15, 0.2) is 24.3 Å². The van der Waals surface area contributed by atoms with Crippen molar-refractivity contribution in [1.82, 2.24) is 0 Å². The lowest BCUT2D eigenvalue weighted by Gasteiger charge is -2.26. The SMILES string of the molecule is C[C@](O)(COc1ccc(F)cc1)C[NH+]1CCCC1. The minimum Gasteiger partial charge on any atom is -0.490 e. The lowest BCUT2D eigenvalue weighted by molar-refractivity contribution is -0.893. The quantitative estimate of drug-likeness (QED) is 0.808. The summed E-state index contributed by atoms with van der Waals surface area (Å²) in [6.07, 6.45) is 2.48. The largest absolute Gasteiger partial charge is 0.490 e. The van der Waals surface area contributed by atoms with Gasteiger partial charge < -0.3 is 14.7 Å². The minimum absolute atomic E-state index is 0.238. The first-order chi connectivity index (χ1) is 8.55. The highest BCUT2D eigenvalue weighted by Gasteiger charge is 2.29. The normalized spacial score (nSPS) is 19.7. The van der Waals surface area contributed by atoms with E-state index in [0.29, 0.717) is 12.3 Å². The number of rotatable bonds is 5. The fourth-order valence-corrected chi connectivity index (χ4v) is 2.41. The predicted octanol–water partition coefficient (Wildman–Crippen LogP) is 0.634. The molecule has 2 N–H and O–H groups in total. The van der Waals surface area contributed by atoms with E-state index >= 15 is 0 Å². The van der Waals surface area contributed by atoms with E-state index in [1.165, 1.54) is 29.9 Å². The lowest BCUT2D eigenvalue weighted by atomic mass is 10.1. The molecular formula is C14H21FNO2+. The molecule has 0 bridgehead atoms. The topological polar surface area (TPSA) is 33.9 Å². The first kappa shape index (κ1) is 13.3. The monoisotopic (exact) mass is 254 g/mol. The highest BCUT2D eigenvalue weighted by atomic mass is 19.1. The molecule has 0 saturated carbocycles. The number of ether oxygens (including phenoxy) is 1. The molecule has 1 aromatic carbocycles. The van der Waals surface area contributed by atoms with E-state index in [4.69, 9.17) is 4.74 Å². The van der Waals surface area contributed by atoms with Gasteiger partial charge >= 0.3 is 0 Å². The van der Waals surface area contributed by atoms with Gasteiger partial charge in [-0.05, 0) is 31.2 Å². The van der Waals surface area contributed by atoms with Gasteiger partial charge in [-0.1, -0.05) is 0 Å². The maximum Gasteiger partial charge on any atom is 0.144 e. The maximum absolute atomic E-state index is 12.7. The van der Waals surface area contributed by atoms with Crippen molar-refractivity contribution >= 4 is 0 Å². The van der Waals surface area contributed by atoms with Crippen molar-refractivity contribution in [1.29, 1.82) is 0 Å². The molecule has 0 radical (unpaired) electrons. The van der Waals surface area contributed by atoms with Crippen molar-refractivity contribution in [3.05, 3.63) is 30.1 Å². The summed E-state index contributed by atoms with van der Waals surface area (Å²) in [5, 5.41) is 10.3. The number of likely N-dealkylation sites (tertiary alicyclic amines) is 1. The molecule has 1 fully saturated rings. The van der Waals surface area contributed by atoms with Gasteiger partial charge in [0, 0.05) is 12.8 Å². The average molecular weight is 254 g/mol. The van der Waals surface area contributed by atoms with Crippen molar-refractivity contribution in [3.63, 3.8) is 0 Å². The molecule has 1 aliphatic heterocycles. The molecule has 0 aromatic heterocycles. The Morgan fingerprint density at radius 1 is 1.28 bits per heavy atom. The van der Waals surface area contributed by atoms with Crippen LogP contribution in [0.2, 0.25) is 0 Å². The Balaban J connectivity index is 1.82. The first-order valence-electron chi connectivity index (χ1n) is 6.49. The standard InChI is InChI=1S/C14H20FNO2/c1-14(17,10-16-8-2-3-9-16)11-18-13-6-4-12(15)5-7-13/h4-7,17H,2-3,8-11H2,1H3/p+1/t14-/m1/s1. The van der Waals surface area contributed by atoms with Gasteiger partial charge in [-0.15, -0.1) is 0 Å². The summed E-state index contributed by atoms with van der Waals surface area (Å²) in [6.45, 7) is 5.00. The molecule has 0 spiro atoms. The summed E-state index contributed by atoms with van der Waals surface area (Å²) in [6, 6.07) is 5.87. The minimum atomic E-state index is -0.839. The van der Waals surface area contributed by atoms with Gasteiger partial charge in [0.25, 0.3) is 0 Å². The third-order valence-corrected chi connectivity index (χ3v) is 3.30. The van der Waals surface area contributed by atoms with Gasteiger partial charge in [-0.2, -0.15) is 0 Å². The van der Waals surface area contributed by atoms with Crippen LogP contribution in [0.1, 0.15) is 19.8 Å². The number of aliphatic hydroxyl groups is 1. The number of nitrogens with one attached hydrogen (secondary N) is 1. The second-order valence-corrected chi connectivity index (χ2v) is 5.37. The summed E-state index contributed by atoms with van der Waals surface area (Å²) < 4.78 is 18.2. The second kappa shape index (κ2) is 5.67. The Hall–Kier alpha value is -1.13. The third-order valence-electron chi connectivity index (χ3n) is 3.30. The average Bonchev–Trinajstić information content (AvgIpc) is 2.80. The Morgan fingerprint density at radius 3 is 2.50 bits per heavy atom. The molecule has 3 nitrogen and oxygen atoms in total. The van der Waals surface area contributed by atoms with Crippen LogP contribution in [0, 0.1) is 5.82 Å². The number of hydrogen-bond acceptors (Lipinski definition) is 2. The van der Waals surface area contributed by atoms with Gasteiger partial charge in [-0.3, -0.25) is 0 Å². The van der Waals surface area contributed by atoms with Gasteiger partial charge in [0.15, 0.2) is 0 Å². The number of quaternary nitrogens is 1. The zero-order valence-corrected chi connectivity index (χ0v) is 10.8. The molecular weight excluding hydrogens is 233 g/mol. The molecule has 1 aromatic rings. The van der Waals surface area contributed by atoms with Crippen molar-refractivity contribution in [2.45, 2.75) is 25.4 Å². The highest BCUT2D eigenvalue weighted by Crippen LogP contribution is 2.13. The van der Waals surface area contributed by atoms with Crippen LogP contribution < -0.4 is 9.64 Å². The molecule has 1 aliphatic rings. The maximum atomic E-state index is 12.7. The Labute approximate surface area is 107 Å². The third kappa shape index (κ3) is 3.96. The smallest absolute Gasteiger partial charge is 0.144 e. The van der Waals surface area contributed by atoms with Gasteiger partial charge in [-0.25, -0.2) is 4.39 Å². The summed E-state index contributed by atoms with van der Waals surface area (Å²) in [5.41, 5.74) is -0.839. The van der Waals surface area contributed by atoms with Crippen LogP contribution in [-0.4, -0.2) is 36.9 Å². The van der Waals surface area contributed by atoms with Crippen molar-refractivity contribution in [2.75, 3.05) is 26.2 Å². The summed E-state index contributed by atoms with van der Waals surface area (Å²) in [4.78, 5) is 1.43. The van der Waals surface area contributed by atoms with Gasteiger partial charge in [0.05, 0.1) is 13.1 Å². The van der Waals surface area contributed by atoms with Gasteiger partial charge in [0.2, 0.25) is 0 Å². The van der Waals surface area contributed by atoms with Crippen LogP contribution in [0.3, 0.4) is 0 Å². The van der Waals surface area contributed by atoms with Gasteiger partial charge in [0.1, 0.15) is 30.3 Å². The molecule has 18 heavy (non-hydrogen) atoms. The second-order valence-electron chi connectivity index (χ2n) is 5.37. The van der Waals surface area contributed by atoms with Crippen molar-refractivity contribution in [3.8, 4) is 5.75 Å². The van der Waals surface area contributed by atoms with E-state index in [2.05, 4.69) is 0 Å². The highest BCUT2D eigenvalue weighted by molar-refractivity contribution is 5.22. The van der Waals surface area contributed by atoms with Crippen molar-refractivity contribution < 1.29 is 19.1 Å². The molecule has 0 aliphatic carbocycles. The van der Waals surface area contributed by atoms with Crippen LogP contribution in [0.4, 0.5) is 4.39 Å². The number of benzene rings is 1. The summed E-state index contributed by atoms with van der Waals surface area (Å²) >= 11 is 0. The zero-order chi connectivity index (χ0) is 13.0. The lowest BCUT2D eigenvalue weighted by Crippen LogP contribution is -3.12. The summed E-state index contributed by atoms with van der Waals surface area (Å²) in [5.74, 6) is 0.309. The molecule has 0 unspecified atom stereocenters. The zero-order valence-electron chi connectivity index (χ0n) is 10.8. The molecule has 1 heterocycles. The van der Waals surface area contributed by atoms with E-state index in [0.717, 1.165) is 13.1 Å². The number of halogens is 1. The van der Waals surface area contributed by atoms with Crippen LogP contribution in [-0.2, 0) is 0 Å². The number of hydrogen-bond donors (Lipinski definition) is 2. The molecule has 1 atom stereocenters. The Morgan fingerprint density at radius 2 is 1.89 bits per heavy atom. The van der Waals surface area contributed by atoms with E-state index < -0.39 is 5.60 Å². The Kier molecular flexibility index (Phi) is 4.19. The first-order valence-corrected chi connectivity index (χ1v) is 6.49. The van der Waals surface area contributed by atoms with E-state index in [-0.39, 0.29) is 12.4 Å². The fraction of sp³-hybridized carbons (Fsp3) is 0.571. The Bertz CT molecular complexity index is 372. The molecule has 0 amide bonds. The molecule has 1 saturated heterocycles. The van der Waals surface area contributed by atoms with Crippen LogP contribution in [0.25, 0.3) is 0 Å². The molecule has 2 rings (SSSR count). The predicted molar refractivity (Wildman–Crippen MR) is 67.3 cm³/mol. The van der Waals surface area contributed by atoms with Crippen LogP contribution >= 0.6 is 0 Å². The molecule has 4 heteroatoms. The van der Waals surface area contributed by atoms with E-state index in [9.17, 15) is 9.50 Å². The van der Waals surface area contributed by atoms with Crippen LogP contribution in [0.5, 0.6) is 5.75 Å². The van der Waals surface area contributed by atoms with Crippen molar-refractivity contribution in [2.24, 2.45) is 0 Å². The van der Waals surface area contributed by atoms with E-state index in [1.807, 2.05) is 0 Å².